The molecule has 0 heterocycles. The van der Waals surface area contributed by atoms with Gasteiger partial charge in [-0.2, -0.15) is 0 Å². The number of benzene rings is 2. The average Bonchev–Trinajstić information content (AvgIpc) is 2.58. The van der Waals surface area contributed by atoms with Crippen molar-refractivity contribution in [2.45, 2.75) is 19.5 Å². The van der Waals surface area contributed by atoms with Gasteiger partial charge in [-0.05, 0) is 11.1 Å². The van der Waals surface area contributed by atoms with Crippen molar-refractivity contribution in [1.29, 1.82) is 5.41 Å². The lowest BCUT2D eigenvalue weighted by atomic mass is 10.1. The van der Waals surface area contributed by atoms with Gasteiger partial charge in [-0.15, -0.1) is 0 Å². The molecule has 6 heteroatoms. The van der Waals surface area contributed by atoms with E-state index < -0.39 is 6.04 Å². The highest BCUT2D eigenvalue weighted by Gasteiger charge is 2.20. The Morgan fingerprint density at radius 2 is 1.71 bits per heavy atom. The molecule has 24 heavy (non-hydrogen) atoms. The van der Waals surface area contributed by atoms with Crippen molar-refractivity contribution in [3.05, 3.63) is 71.3 Å². The Labute approximate surface area is 140 Å². The largest absolute Gasteiger partial charge is 0.384 e. The monoisotopic (exact) mass is 324 g/mol. The van der Waals surface area contributed by atoms with Gasteiger partial charge in [-0.25, -0.2) is 0 Å². The zero-order valence-electron chi connectivity index (χ0n) is 13.4. The third-order valence-corrected chi connectivity index (χ3v) is 3.47. The average molecular weight is 324 g/mol. The lowest BCUT2D eigenvalue weighted by molar-refractivity contribution is -0.128. The molecule has 5 N–H and O–H groups in total. The van der Waals surface area contributed by atoms with Gasteiger partial charge in [-0.1, -0.05) is 54.6 Å². The van der Waals surface area contributed by atoms with E-state index in [0.717, 1.165) is 11.1 Å². The molecule has 2 rings (SSSR count). The Bertz CT molecular complexity index is 726. The molecule has 2 aromatic carbocycles. The van der Waals surface area contributed by atoms with E-state index in [1.54, 1.807) is 36.4 Å². The minimum absolute atomic E-state index is 0.000357. The summed E-state index contributed by atoms with van der Waals surface area (Å²) in [6, 6.07) is 15.4. The van der Waals surface area contributed by atoms with Gasteiger partial charge < -0.3 is 16.4 Å². The van der Waals surface area contributed by atoms with Crippen molar-refractivity contribution in [3.8, 4) is 0 Å². The van der Waals surface area contributed by atoms with E-state index in [9.17, 15) is 9.59 Å². The van der Waals surface area contributed by atoms with Gasteiger partial charge in [0.05, 0.1) is 0 Å². The van der Waals surface area contributed by atoms with Gasteiger partial charge in [0, 0.05) is 19.0 Å². The number of amidine groups is 1. The molecule has 1 atom stereocenters. The minimum atomic E-state index is -0.736. The fourth-order valence-corrected chi connectivity index (χ4v) is 2.24. The van der Waals surface area contributed by atoms with E-state index in [2.05, 4.69) is 10.6 Å². The van der Waals surface area contributed by atoms with Gasteiger partial charge in [0.25, 0.3) is 0 Å². The topological polar surface area (TPSA) is 108 Å². The van der Waals surface area contributed by atoms with Crippen LogP contribution in [0.25, 0.3) is 0 Å². The standard InChI is InChI=1S/C18H20N4O2/c1-12(23)22-16(14-5-3-2-4-6-14)18(24)21-11-13-7-9-15(10-8-13)17(19)20/h2-10,16H,11H2,1H3,(H3,19,20)(H,21,24)(H,22,23). The zero-order valence-corrected chi connectivity index (χ0v) is 13.4. The molecular formula is C18H20N4O2. The summed E-state index contributed by atoms with van der Waals surface area (Å²) in [4.78, 5) is 23.8. The van der Waals surface area contributed by atoms with Crippen LogP contribution in [0, 0.1) is 5.41 Å². The first-order chi connectivity index (χ1) is 11.5. The van der Waals surface area contributed by atoms with Crippen molar-refractivity contribution >= 4 is 17.6 Å². The summed E-state index contributed by atoms with van der Waals surface area (Å²) >= 11 is 0. The summed E-state index contributed by atoms with van der Waals surface area (Å²) in [6.07, 6.45) is 0. The molecular weight excluding hydrogens is 304 g/mol. The first-order valence-corrected chi connectivity index (χ1v) is 7.50. The predicted octanol–water partition coefficient (Wildman–Crippen LogP) is 1.46. The Morgan fingerprint density at radius 3 is 2.25 bits per heavy atom. The molecule has 0 aliphatic heterocycles. The molecule has 0 aromatic heterocycles. The predicted molar refractivity (Wildman–Crippen MR) is 92.3 cm³/mol. The maximum Gasteiger partial charge on any atom is 0.247 e. The van der Waals surface area contributed by atoms with E-state index in [1.807, 2.05) is 18.2 Å². The second-order valence-corrected chi connectivity index (χ2v) is 5.37. The van der Waals surface area contributed by atoms with Crippen LogP contribution >= 0.6 is 0 Å². The number of nitrogen functional groups attached to an aromatic ring is 1. The molecule has 0 spiro atoms. The summed E-state index contributed by atoms with van der Waals surface area (Å²) in [6.45, 7) is 1.70. The second kappa shape index (κ2) is 7.92. The first kappa shape index (κ1) is 17.2. The highest BCUT2D eigenvalue weighted by atomic mass is 16.2. The van der Waals surface area contributed by atoms with Crippen molar-refractivity contribution in [2.24, 2.45) is 5.73 Å². The Hall–Kier alpha value is -3.15. The molecule has 1 unspecified atom stereocenters. The van der Waals surface area contributed by atoms with Crippen LogP contribution < -0.4 is 16.4 Å². The number of carbonyl (C=O) groups is 2. The normalized spacial score (nSPS) is 11.4. The summed E-state index contributed by atoms with van der Waals surface area (Å²) in [5.41, 5.74) is 7.64. The molecule has 0 saturated carbocycles. The lowest BCUT2D eigenvalue weighted by Gasteiger charge is -2.18. The van der Waals surface area contributed by atoms with Crippen molar-refractivity contribution in [2.75, 3.05) is 0 Å². The number of nitrogens with two attached hydrogens (primary N) is 1. The molecule has 0 saturated heterocycles. The van der Waals surface area contributed by atoms with Gasteiger partial charge in [0.2, 0.25) is 11.8 Å². The van der Waals surface area contributed by atoms with E-state index in [-0.39, 0.29) is 17.6 Å². The van der Waals surface area contributed by atoms with Gasteiger partial charge in [0.1, 0.15) is 11.9 Å². The molecule has 0 aliphatic rings. The van der Waals surface area contributed by atoms with Gasteiger partial charge in [-0.3, -0.25) is 15.0 Å². The SMILES string of the molecule is CC(=O)NC(C(=O)NCc1ccc(C(=N)N)cc1)c1ccccc1. The summed E-state index contributed by atoms with van der Waals surface area (Å²) < 4.78 is 0. The fourth-order valence-electron chi connectivity index (χ4n) is 2.24. The molecule has 0 fully saturated rings. The van der Waals surface area contributed by atoms with E-state index in [1.165, 1.54) is 6.92 Å². The number of hydrogen-bond donors (Lipinski definition) is 4. The second-order valence-electron chi connectivity index (χ2n) is 5.37. The highest BCUT2D eigenvalue weighted by molar-refractivity contribution is 5.94. The third kappa shape index (κ3) is 4.67. The highest BCUT2D eigenvalue weighted by Crippen LogP contribution is 2.13. The van der Waals surface area contributed by atoms with Crippen LogP contribution in [0.3, 0.4) is 0 Å². The zero-order chi connectivity index (χ0) is 17.5. The molecule has 124 valence electrons. The molecule has 0 bridgehead atoms. The Morgan fingerprint density at radius 1 is 1.08 bits per heavy atom. The van der Waals surface area contributed by atoms with Crippen LogP contribution in [-0.4, -0.2) is 17.6 Å². The molecule has 6 nitrogen and oxygen atoms in total. The van der Waals surface area contributed by atoms with Crippen molar-refractivity contribution in [1.82, 2.24) is 10.6 Å². The van der Waals surface area contributed by atoms with Crippen LogP contribution in [0.4, 0.5) is 0 Å². The lowest BCUT2D eigenvalue weighted by Crippen LogP contribution is -2.39. The van der Waals surface area contributed by atoms with E-state index >= 15 is 0 Å². The number of carbonyl (C=O) groups excluding carboxylic acids is 2. The third-order valence-electron chi connectivity index (χ3n) is 3.47. The van der Waals surface area contributed by atoms with Crippen molar-refractivity contribution < 1.29 is 9.59 Å². The van der Waals surface area contributed by atoms with Gasteiger partial charge in [0.15, 0.2) is 0 Å². The summed E-state index contributed by atoms with van der Waals surface area (Å²) in [5, 5.41) is 12.8. The van der Waals surface area contributed by atoms with Gasteiger partial charge >= 0.3 is 0 Å². The Balaban J connectivity index is 2.05. The molecule has 2 amide bonds. The fraction of sp³-hybridized carbons (Fsp3) is 0.167. The number of hydrogen-bond acceptors (Lipinski definition) is 3. The maximum absolute atomic E-state index is 12.4. The first-order valence-electron chi connectivity index (χ1n) is 7.50. The van der Waals surface area contributed by atoms with Crippen molar-refractivity contribution in [3.63, 3.8) is 0 Å². The number of nitrogens with one attached hydrogen (secondary N) is 3. The van der Waals surface area contributed by atoms with E-state index in [0.29, 0.717) is 12.1 Å². The number of amides is 2. The van der Waals surface area contributed by atoms with E-state index in [4.69, 9.17) is 11.1 Å². The maximum atomic E-state index is 12.4. The number of rotatable bonds is 6. The quantitative estimate of drug-likeness (QED) is 0.477. The van der Waals surface area contributed by atoms with Crippen LogP contribution in [0.2, 0.25) is 0 Å². The molecule has 0 radical (unpaired) electrons. The smallest absolute Gasteiger partial charge is 0.247 e. The van der Waals surface area contributed by atoms with Crippen LogP contribution in [-0.2, 0) is 16.1 Å². The minimum Gasteiger partial charge on any atom is -0.384 e. The molecule has 2 aromatic rings. The van der Waals surface area contributed by atoms with Crippen LogP contribution in [0.1, 0.15) is 29.7 Å². The summed E-state index contributed by atoms with van der Waals surface area (Å²) in [7, 11) is 0. The van der Waals surface area contributed by atoms with Crippen LogP contribution in [0.15, 0.2) is 54.6 Å². The molecule has 0 aliphatic carbocycles. The Kier molecular flexibility index (Phi) is 5.68. The van der Waals surface area contributed by atoms with Crippen LogP contribution in [0.5, 0.6) is 0 Å². The summed E-state index contributed by atoms with van der Waals surface area (Å²) in [5.74, 6) is -0.558.